The van der Waals surface area contributed by atoms with E-state index >= 15 is 0 Å². The Morgan fingerprint density at radius 3 is 2.75 bits per heavy atom. The molecule has 7 nitrogen and oxygen atoms in total. The number of ether oxygens (including phenoxy) is 1. The molecule has 0 aromatic carbocycles. The maximum Gasteiger partial charge on any atom is 0.410 e. The Hall–Kier alpha value is -1.89. The van der Waals surface area contributed by atoms with Crippen LogP contribution in [0.4, 0.5) is 4.79 Å². The summed E-state index contributed by atoms with van der Waals surface area (Å²) in [5.74, 6) is 0. The van der Waals surface area contributed by atoms with Gasteiger partial charge in [-0.1, -0.05) is 0 Å². The molecule has 1 aliphatic heterocycles. The first-order valence-corrected chi connectivity index (χ1v) is 6.48. The van der Waals surface area contributed by atoms with E-state index in [9.17, 15) is 14.7 Å². The summed E-state index contributed by atoms with van der Waals surface area (Å²) >= 11 is 0. The van der Waals surface area contributed by atoms with Gasteiger partial charge in [0.05, 0.1) is 12.6 Å². The van der Waals surface area contributed by atoms with Crippen molar-refractivity contribution in [2.24, 2.45) is 0 Å². The van der Waals surface area contributed by atoms with Crippen molar-refractivity contribution in [3.63, 3.8) is 0 Å². The fourth-order valence-corrected chi connectivity index (χ4v) is 2.10. The highest BCUT2D eigenvalue weighted by molar-refractivity contribution is 5.68. The molecule has 0 bridgehead atoms. The zero-order valence-electron chi connectivity index (χ0n) is 11.8. The summed E-state index contributed by atoms with van der Waals surface area (Å²) in [7, 11) is 0. The first-order valence-electron chi connectivity index (χ1n) is 6.48. The van der Waals surface area contributed by atoms with E-state index in [1.807, 2.05) is 0 Å². The van der Waals surface area contributed by atoms with E-state index in [0.717, 1.165) is 0 Å². The van der Waals surface area contributed by atoms with Crippen molar-refractivity contribution in [3.8, 4) is 0 Å². The number of carbonyl (C=O) groups excluding carboxylic acids is 1. The molecule has 1 amide bonds. The molecule has 0 spiro atoms. The Morgan fingerprint density at radius 1 is 1.45 bits per heavy atom. The minimum Gasteiger partial charge on any atom is -0.444 e. The minimum absolute atomic E-state index is 0.128. The third-order valence-electron chi connectivity index (χ3n) is 2.97. The van der Waals surface area contributed by atoms with Crippen LogP contribution >= 0.6 is 0 Å². The fraction of sp³-hybridized carbons (Fsp3) is 0.615. The van der Waals surface area contributed by atoms with Gasteiger partial charge in [-0.15, -0.1) is 0 Å². The number of β-amino-alcohol motifs (C(OH)–C–C–N with tert-alkyl or cyclic N) is 1. The van der Waals surface area contributed by atoms with E-state index in [4.69, 9.17) is 4.74 Å². The second-order valence-corrected chi connectivity index (χ2v) is 5.83. The first kappa shape index (κ1) is 14.5. The second kappa shape index (κ2) is 5.24. The lowest BCUT2D eigenvalue weighted by molar-refractivity contribution is 0.0270. The highest BCUT2D eigenvalue weighted by Crippen LogP contribution is 2.22. The minimum atomic E-state index is -0.838. The van der Waals surface area contributed by atoms with Crippen molar-refractivity contribution in [2.75, 3.05) is 13.1 Å². The summed E-state index contributed by atoms with van der Waals surface area (Å²) in [5, 5.41) is 14.0. The SMILES string of the molecule is CC(C)(C)OC(=O)N1C[C@@H](O)[C@H](n2ncccc2=O)C1. The fourth-order valence-electron chi connectivity index (χ4n) is 2.10. The van der Waals surface area contributed by atoms with E-state index < -0.39 is 23.8 Å². The maximum atomic E-state index is 12.0. The lowest BCUT2D eigenvalue weighted by Gasteiger charge is -2.24. The van der Waals surface area contributed by atoms with Gasteiger partial charge >= 0.3 is 6.09 Å². The Labute approximate surface area is 116 Å². The van der Waals surface area contributed by atoms with Gasteiger partial charge in [0.2, 0.25) is 0 Å². The number of amides is 1. The second-order valence-electron chi connectivity index (χ2n) is 5.83. The van der Waals surface area contributed by atoms with Gasteiger partial charge in [-0.25, -0.2) is 9.48 Å². The van der Waals surface area contributed by atoms with Gasteiger partial charge in [0.15, 0.2) is 0 Å². The first-order chi connectivity index (χ1) is 9.28. The van der Waals surface area contributed by atoms with Gasteiger partial charge in [0.1, 0.15) is 11.6 Å². The number of nitrogens with zero attached hydrogens (tertiary/aromatic N) is 3. The van der Waals surface area contributed by atoms with Crippen molar-refractivity contribution in [3.05, 3.63) is 28.7 Å². The topological polar surface area (TPSA) is 84.7 Å². The van der Waals surface area contributed by atoms with Crippen LogP contribution in [0.2, 0.25) is 0 Å². The van der Waals surface area contributed by atoms with Gasteiger partial charge in [0.25, 0.3) is 5.56 Å². The Morgan fingerprint density at radius 2 is 2.15 bits per heavy atom. The Bertz CT molecular complexity index is 549. The molecule has 7 heteroatoms. The molecule has 1 aliphatic rings. The molecule has 0 aliphatic carbocycles. The largest absolute Gasteiger partial charge is 0.444 e. The average Bonchev–Trinajstić information content (AvgIpc) is 2.70. The van der Waals surface area contributed by atoms with Gasteiger partial charge < -0.3 is 14.7 Å². The van der Waals surface area contributed by atoms with Gasteiger partial charge in [-0.3, -0.25) is 4.79 Å². The Kier molecular flexibility index (Phi) is 3.80. The van der Waals surface area contributed by atoms with Crippen molar-refractivity contribution in [2.45, 2.75) is 38.5 Å². The smallest absolute Gasteiger partial charge is 0.410 e. The van der Waals surface area contributed by atoms with Crippen LogP contribution in [-0.4, -0.2) is 50.7 Å². The zero-order chi connectivity index (χ0) is 14.9. The number of aliphatic hydroxyl groups excluding tert-OH is 1. The predicted octanol–water partition coefficient (Wildman–Crippen LogP) is 0.396. The molecular weight excluding hydrogens is 262 g/mol. The van der Waals surface area contributed by atoms with Crippen LogP contribution in [0.1, 0.15) is 26.8 Å². The van der Waals surface area contributed by atoms with E-state index in [1.165, 1.54) is 27.9 Å². The third-order valence-corrected chi connectivity index (χ3v) is 2.97. The maximum absolute atomic E-state index is 12.0. The van der Waals surface area contributed by atoms with E-state index in [1.54, 1.807) is 20.8 Å². The quantitative estimate of drug-likeness (QED) is 0.805. The molecular formula is C13H19N3O4. The molecule has 1 aromatic rings. The molecule has 1 saturated heterocycles. The Balaban J connectivity index is 2.12. The molecule has 0 unspecified atom stereocenters. The number of hydrogen-bond donors (Lipinski definition) is 1. The van der Waals surface area contributed by atoms with Crippen LogP contribution in [0.3, 0.4) is 0 Å². The number of aromatic nitrogens is 2. The van der Waals surface area contributed by atoms with E-state index in [-0.39, 0.29) is 18.6 Å². The number of carbonyl (C=O) groups is 1. The molecule has 2 atom stereocenters. The van der Waals surface area contributed by atoms with Crippen LogP contribution in [0, 0.1) is 0 Å². The van der Waals surface area contributed by atoms with Crippen LogP contribution in [0.15, 0.2) is 23.1 Å². The molecule has 0 saturated carbocycles. The zero-order valence-corrected chi connectivity index (χ0v) is 11.8. The number of rotatable bonds is 1. The molecule has 1 aromatic heterocycles. The molecule has 20 heavy (non-hydrogen) atoms. The number of aliphatic hydroxyl groups is 1. The highest BCUT2D eigenvalue weighted by Gasteiger charge is 2.38. The van der Waals surface area contributed by atoms with Crippen LogP contribution < -0.4 is 5.56 Å². The lowest BCUT2D eigenvalue weighted by atomic mass is 10.2. The van der Waals surface area contributed by atoms with Crippen LogP contribution in [-0.2, 0) is 4.74 Å². The summed E-state index contributed by atoms with van der Waals surface area (Å²) in [5.41, 5.74) is -0.898. The predicted molar refractivity (Wildman–Crippen MR) is 71.3 cm³/mol. The molecule has 1 N–H and O–H groups in total. The van der Waals surface area contributed by atoms with E-state index in [0.29, 0.717) is 0 Å². The molecule has 2 heterocycles. The number of hydrogen-bond acceptors (Lipinski definition) is 5. The molecule has 0 radical (unpaired) electrons. The van der Waals surface area contributed by atoms with Gasteiger partial charge in [0, 0.05) is 18.8 Å². The summed E-state index contributed by atoms with van der Waals surface area (Å²) in [6.45, 7) is 5.66. The van der Waals surface area contributed by atoms with E-state index in [2.05, 4.69) is 5.10 Å². The normalized spacial score (nSPS) is 22.9. The number of likely N-dealkylation sites (tertiary alicyclic amines) is 1. The highest BCUT2D eigenvalue weighted by atomic mass is 16.6. The average molecular weight is 281 g/mol. The molecule has 1 fully saturated rings. The van der Waals surface area contributed by atoms with Crippen molar-refractivity contribution >= 4 is 6.09 Å². The van der Waals surface area contributed by atoms with Crippen molar-refractivity contribution in [1.29, 1.82) is 0 Å². The van der Waals surface area contributed by atoms with Crippen LogP contribution in [0.5, 0.6) is 0 Å². The van der Waals surface area contributed by atoms with Crippen molar-refractivity contribution < 1.29 is 14.6 Å². The third kappa shape index (κ3) is 3.16. The summed E-state index contributed by atoms with van der Waals surface area (Å²) < 4.78 is 6.46. The molecule has 2 rings (SSSR count). The van der Waals surface area contributed by atoms with Gasteiger partial charge in [-0.2, -0.15) is 5.10 Å². The monoisotopic (exact) mass is 281 g/mol. The van der Waals surface area contributed by atoms with Gasteiger partial charge in [-0.05, 0) is 26.8 Å². The lowest BCUT2D eigenvalue weighted by Crippen LogP contribution is -2.36. The summed E-state index contributed by atoms with van der Waals surface area (Å²) in [6.07, 6.45) is 0.141. The summed E-state index contributed by atoms with van der Waals surface area (Å²) in [4.78, 5) is 25.1. The summed E-state index contributed by atoms with van der Waals surface area (Å²) in [6, 6.07) is 2.36. The van der Waals surface area contributed by atoms with Crippen molar-refractivity contribution in [1.82, 2.24) is 14.7 Å². The standard InChI is InChI=1S/C13H19N3O4/c1-13(2,3)20-12(19)15-7-9(10(17)8-15)16-11(18)5-4-6-14-16/h4-6,9-10,17H,7-8H2,1-3H3/t9-,10-/m1/s1. The van der Waals surface area contributed by atoms with Crippen LogP contribution in [0.25, 0.3) is 0 Å². The molecule has 110 valence electrons.